The Labute approximate surface area is 110 Å². The molecule has 1 saturated carbocycles. The average Bonchev–Trinajstić information content (AvgIpc) is 2.32. The lowest BCUT2D eigenvalue weighted by molar-refractivity contribution is 0.134. The molecule has 2 nitrogen and oxygen atoms in total. The van der Waals surface area contributed by atoms with Crippen molar-refractivity contribution in [2.24, 2.45) is 5.41 Å². The highest BCUT2D eigenvalue weighted by Gasteiger charge is 2.42. The fraction of sp³-hybridized carbons (Fsp3) is 0.625. The summed E-state index contributed by atoms with van der Waals surface area (Å²) >= 11 is 0. The van der Waals surface area contributed by atoms with Crippen LogP contribution in [0.2, 0.25) is 0 Å². The number of benzene rings is 1. The molecule has 0 saturated heterocycles. The van der Waals surface area contributed by atoms with E-state index in [1.807, 2.05) is 13.0 Å². The van der Waals surface area contributed by atoms with Gasteiger partial charge in [0, 0.05) is 18.8 Å². The molecule has 0 amide bonds. The summed E-state index contributed by atoms with van der Waals surface area (Å²) in [5, 5.41) is 10.1. The number of nitrogens with zero attached hydrogens (tertiary/aromatic N) is 1. The third-order valence-electron chi connectivity index (χ3n) is 5.12. The minimum Gasteiger partial charge on any atom is -0.508 e. The van der Waals surface area contributed by atoms with Gasteiger partial charge in [0.05, 0.1) is 0 Å². The third-order valence-corrected chi connectivity index (χ3v) is 5.12. The Morgan fingerprint density at radius 3 is 2.56 bits per heavy atom. The maximum absolute atomic E-state index is 10.1. The number of hydrogen-bond acceptors (Lipinski definition) is 2. The summed E-state index contributed by atoms with van der Waals surface area (Å²) in [6.07, 6.45) is 5.25. The maximum atomic E-state index is 10.1. The fourth-order valence-electron chi connectivity index (χ4n) is 3.75. The molecule has 1 fully saturated rings. The summed E-state index contributed by atoms with van der Waals surface area (Å²) in [4.78, 5) is 2.53. The van der Waals surface area contributed by atoms with Gasteiger partial charge in [-0.2, -0.15) is 0 Å². The van der Waals surface area contributed by atoms with E-state index in [9.17, 15) is 5.11 Å². The van der Waals surface area contributed by atoms with Gasteiger partial charge in [-0.25, -0.2) is 0 Å². The molecule has 1 N–H and O–H groups in total. The van der Waals surface area contributed by atoms with E-state index in [4.69, 9.17) is 0 Å². The van der Waals surface area contributed by atoms with Crippen molar-refractivity contribution < 1.29 is 5.11 Å². The van der Waals surface area contributed by atoms with Crippen LogP contribution in [0.1, 0.15) is 42.9 Å². The second-order valence-corrected chi connectivity index (χ2v) is 6.20. The van der Waals surface area contributed by atoms with Crippen LogP contribution in [-0.2, 0) is 6.42 Å². The molecule has 1 aromatic carbocycles. The minimum absolute atomic E-state index is 0.471. The smallest absolute Gasteiger partial charge is 0.119 e. The summed E-state index contributed by atoms with van der Waals surface area (Å²) < 4.78 is 0. The van der Waals surface area contributed by atoms with Crippen molar-refractivity contribution in [1.29, 1.82) is 0 Å². The molecule has 0 aromatic heterocycles. The van der Waals surface area contributed by atoms with Crippen molar-refractivity contribution in [1.82, 2.24) is 0 Å². The summed E-state index contributed by atoms with van der Waals surface area (Å²) in [6.45, 7) is 8.69. The largest absolute Gasteiger partial charge is 0.508 e. The van der Waals surface area contributed by atoms with Gasteiger partial charge >= 0.3 is 0 Å². The van der Waals surface area contributed by atoms with E-state index in [2.05, 4.69) is 18.7 Å². The summed E-state index contributed by atoms with van der Waals surface area (Å²) in [7, 11) is 0. The summed E-state index contributed by atoms with van der Waals surface area (Å²) in [6, 6.07) is 2.01. The van der Waals surface area contributed by atoms with Gasteiger partial charge in [0.1, 0.15) is 5.75 Å². The quantitative estimate of drug-likeness (QED) is 0.817. The Balaban J connectivity index is 2.11. The highest BCUT2D eigenvalue weighted by atomic mass is 16.3. The Bertz CT molecular complexity index is 488. The second kappa shape index (κ2) is 3.91. The van der Waals surface area contributed by atoms with Gasteiger partial charge < -0.3 is 10.0 Å². The van der Waals surface area contributed by atoms with Crippen molar-refractivity contribution in [2.75, 3.05) is 18.0 Å². The van der Waals surface area contributed by atoms with Crippen LogP contribution in [0.5, 0.6) is 5.75 Å². The van der Waals surface area contributed by atoms with Crippen molar-refractivity contribution in [3.8, 4) is 5.75 Å². The highest BCUT2D eigenvalue weighted by molar-refractivity contribution is 5.67. The van der Waals surface area contributed by atoms with Crippen LogP contribution < -0.4 is 4.90 Å². The summed E-state index contributed by atoms with van der Waals surface area (Å²) in [5.41, 5.74) is 5.57. The van der Waals surface area contributed by atoms with Crippen LogP contribution in [0.15, 0.2) is 6.07 Å². The van der Waals surface area contributed by atoms with Gasteiger partial charge in [-0.05, 0) is 68.2 Å². The zero-order valence-corrected chi connectivity index (χ0v) is 11.7. The summed E-state index contributed by atoms with van der Waals surface area (Å²) in [5.74, 6) is 0.471. The number of phenolic OH excluding ortho intramolecular Hbond substituents is 1. The van der Waals surface area contributed by atoms with Crippen LogP contribution in [-0.4, -0.2) is 18.2 Å². The number of hydrogen-bond donors (Lipinski definition) is 1. The standard InChI is InChI=1S/C16H23NO/c1-4-17-10-16(6-5-7-16)9-13-8-14(18)11(2)12(3)15(13)17/h8,18H,4-7,9-10H2,1-3H3. The minimum atomic E-state index is 0.471. The zero-order chi connectivity index (χ0) is 12.9. The van der Waals surface area contributed by atoms with Gasteiger partial charge in [-0.3, -0.25) is 0 Å². The molecule has 98 valence electrons. The van der Waals surface area contributed by atoms with E-state index in [-0.39, 0.29) is 0 Å². The van der Waals surface area contributed by atoms with Gasteiger partial charge in [0.15, 0.2) is 0 Å². The van der Waals surface area contributed by atoms with E-state index in [0.29, 0.717) is 11.2 Å². The Hall–Kier alpha value is -1.18. The maximum Gasteiger partial charge on any atom is 0.119 e. The van der Waals surface area contributed by atoms with Crippen LogP contribution in [0.4, 0.5) is 5.69 Å². The van der Waals surface area contributed by atoms with Crippen LogP contribution >= 0.6 is 0 Å². The lowest BCUT2D eigenvalue weighted by atomic mass is 9.63. The number of anilines is 1. The molecule has 3 rings (SSSR count). The van der Waals surface area contributed by atoms with E-state index in [1.165, 1.54) is 42.6 Å². The van der Waals surface area contributed by atoms with Crippen molar-refractivity contribution in [3.63, 3.8) is 0 Å². The van der Waals surface area contributed by atoms with Gasteiger partial charge in [0.2, 0.25) is 0 Å². The molecule has 1 spiro atoms. The number of phenols is 1. The molecule has 2 heteroatoms. The predicted molar refractivity (Wildman–Crippen MR) is 75.5 cm³/mol. The Morgan fingerprint density at radius 2 is 2.00 bits per heavy atom. The first kappa shape index (κ1) is 11.9. The molecule has 0 unspecified atom stereocenters. The molecule has 0 radical (unpaired) electrons. The molecular weight excluding hydrogens is 222 g/mol. The topological polar surface area (TPSA) is 23.5 Å². The van der Waals surface area contributed by atoms with Crippen LogP contribution in [0.25, 0.3) is 0 Å². The van der Waals surface area contributed by atoms with Crippen LogP contribution in [0, 0.1) is 19.3 Å². The first-order valence-electron chi connectivity index (χ1n) is 7.13. The number of aromatic hydroxyl groups is 1. The Morgan fingerprint density at radius 1 is 1.28 bits per heavy atom. The second-order valence-electron chi connectivity index (χ2n) is 6.20. The lowest BCUT2D eigenvalue weighted by Crippen LogP contribution is -2.47. The molecule has 0 bridgehead atoms. The van der Waals surface area contributed by atoms with E-state index < -0.39 is 0 Å². The zero-order valence-electron chi connectivity index (χ0n) is 11.7. The average molecular weight is 245 g/mol. The Kier molecular flexibility index (Phi) is 2.58. The van der Waals surface area contributed by atoms with E-state index in [0.717, 1.165) is 18.5 Å². The molecule has 1 heterocycles. The normalized spacial score (nSPS) is 20.7. The van der Waals surface area contributed by atoms with Crippen molar-refractivity contribution >= 4 is 5.69 Å². The van der Waals surface area contributed by atoms with Crippen LogP contribution in [0.3, 0.4) is 0 Å². The monoisotopic (exact) mass is 245 g/mol. The first-order valence-corrected chi connectivity index (χ1v) is 7.13. The van der Waals surface area contributed by atoms with Gasteiger partial charge in [-0.15, -0.1) is 0 Å². The SMILES string of the molecule is CCN1CC2(CCC2)Cc2cc(O)c(C)c(C)c21. The van der Waals surface area contributed by atoms with Gasteiger partial charge in [-0.1, -0.05) is 6.42 Å². The van der Waals surface area contributed by atoms with Crippen molar-refractivity contribution in [3.05, 3.63) is 22.8 Å². The molecular formula is C16H23NO. The molecule has 1 aliphatic carbocycles. The van der Waals surface area contributed by atoms with E-state index in [1.54, 1.807) is 0 Å². The fourth-order valence-corrected chi connectivity index (χ4v) is 3.75. The van der Waals surface area contributed by atoms with E-state index >= 15 is 0 Å². The predicted octanol–water partition coefficient (Wildman–Crippen LogP) is 3.56. The lowest BCUT2D eigenvalue weighted by Gasteiger charge is -2.50. The number of rotatable bonds is 1. The highest BCUT2D eigenvalue weighted by Crippen LogP contribution is 2.51. The molecule has 1 aliphatic heterocycles. The third kappa shape index (κ3) is 1.54. The molecule has 18 heavy (non-hydrogen) atoms. The first-order chi connectivity index (χ1) is 8.56. The number of fused-ring (bicyclic) bond motifs is 1. The molecule has 1 aromatic rings. The van der Waals surface area contributed by atoms with Crippen molar-refractivity contribution in [2.45, 2.75) is 46.5 Å². The molecule has 0 atom stereocenters. The van der Waals surface area contributed by atoms with Gasteiger partial charge in [0.25, 0.3) is 0 Å². The molecule has 2 aliphatic rings.